The largest absolute Gasteiger partial charge is 0.459 e. The summed E-state index contributed by atoms with van der Waals surface area (Å²) < 4.78 is 5.23. The van der Waals surface area contributed by atoms with Gasteiger partial charge in [-0.2, -0.15) is 0 Å². The first-order valence-corrected chi connectivity index (χ1v) is 11.5. The molecule has 2 fully saturated rings. The van der Waals surface area contributed by atoms with Gasteiger partial charge < -0.3 is 20.0 Å². The topological polar surface area (TPSA) is 91.7 Å². The molecule has 1 aromatic carbocycles. The highest BCUT2D eigenvalue weighted by molar-refractivity contribution is 5.96. The summed E-state index contributed by atoms with van der Waals surface area (Å²) in [5.74, 6) is -0.255. The van der Waals surface area contributed by atoms with Crippen molar-refractivity contribution in [2.24, 2.45) is 5.92 Å². The third-order valence-electron chi connectivity index (χ3n) is 6.61. The van der Waals surface area contributed by atoms with Gasteiger partial charge in [-0.1, -0.05) is 31.0 Å². The van der Waals surface area contributed by atoms with Crippen molar-refractivity contribution in [2.75, 3.05) is 13.1 Å². The van der Waals surface area contributed by atoms with E-state index in [-0.39, 0.29) is 35.7 Å². The van der Waals surface area contributed by atoms with Crippen molar-refractivity contribution in [3.63, 3.8) is 0 Å². The minimum atomic E-state index is -0.252. The predicted octanol–water partition coefficient (Wildman–Crippen LogP) is 3.30. The van der Waals surface area contributed by atoms with Crippen LogP contribution in [0.15, 0.2) is 47.1 Å². The van der Waals surface area contributed by atoms with Gasteiger partial charge >= 0.3 is 0 Å². The van der Waals surface area contributed by atoms with Crippen LogP contribution in [0.5, 0.6) is 0 Å². The van der Waals surface area contributed by atoms with Crippen LogP contribution in [-0.4, -0.2) is 47.8 Å². The standard InChI is InChI=1S/C25H31N3O4/c1-17-8-2-3-10-19(17)24(30)27-21-12-5-4-11-20(21)26-23(29)18-9-6-14-28(16-18)25(31)22-13-7-15-32-22/h2-3,7-8,10,13,15,18,20-21H,4-6,9,11-12,14,16H2,1H3,(H,26,29)(H,27,30)/t18?,20?,21-/m1/s1. The van der Waals surface area contributed by atoms with E-state index in [0.29, 0.717) is 24.4 Å². The second-order valence-electron chi connectivity index (χ2n) is 8.86. The zero-order valence-electron chi connectivity index (χ0n) is 18.5. The van der Waals surface area contributed by atoms with Crippen molar-refractivity contribution in [3.8, 4) is 0 Å². The molecule has 3 atom stereocenters. The lowest BCUT2D eigenvalue weighted by Gasteiger charge is -2.36. The molecule has 7 nitrogen and oxygen atoms in total. The van der Waals surface area contributed by atoms with E-state index in [1.54, 1.807) is 17.0 Å². The van der Waals surface area contributed by atoms with Gasteiger partial charge in [-0.25, -0.2) is 0 Å². The minimum Gasteiger partial charge on any atom is -0.459 e. The SMILES string of the molecule is Cc1ccccc1C(=O)N[C@@H]1CCCCC1NC(=O)C1CCCN(C(=O)c2ccco2)C1. The summed E-state index contributed by atoms with van der Waals surface area (Å²) in [5.41, 5.74) is 1.60. The van der Waals surface area contributed by atoms with Gasteiger partial charge in [0.05, 0.1) is 12.2 Å². The van der Waals surface area contributed by atoms with Crippen LogP contribution < -0.4 is 10.6 Å². The van der Waals surface area contributed by atoms with E-state index < -0.39 is 0 Å². The van der Waals surface area contributed by atoms with E-state index >= 15 is 0 Å². The number of piperidine rings is 1. The maximum absolute atomic E-state index is 13.1. The van der Waals surface area contributed by atoms with Gasteiger partial charge in [-0.05, 0) is 56.4 Å². The summed E-state index contributed by atoms with van der Waals surface area (Å²) in [6.45, 7) is 2.94. The molecule has 2 unspecified atom stereocenters. The fraction of sp³-hybridized carbons (Fsp3) is 0.480. The molecule has 1 aliphatic heterocycles. The first-order valence-electron chi connectivity index (χ1n) is 11.5. The summed E-state index contributed by atoms with van der Waals surface area (Å²) in [6, 6.07) is 10.7. The third kappa shape index (κ3) is 5.03. The van der Waals surface area contributed by atoms with Crippen molar-refractivity contribution >= 4 is 17.7 Å². The maximum atomic E-state index is 13.1. The molecule has 2 N–H and O–H groups in total. The Morgan fingerprint density at radius 1 is 0.938 bits per heavy atom. The normalized spacial score (nSPS) is 23.4. The number of benzene rings is 1. The molecule has 1 saturated heterocycles. The van der Waals surface area contributed by atoms with Crippen molar-refractivity contribution in [1.82, 2.24) is 15.5 Å². The van der Waals surface area contributed by atoms with E-state index in [1.807, 2.05) is 31.2 Å². The monoisotopic (exact) mass is 437 g/mol. The molecular weight excluding hydrogens is 406 g/mol. The van der Waals surface area contributed by atoms with E-state index in [4.69, 9.17) is 4.42 Å². The Bertz CT molecular complexity index is 956. The number of aryl methyl sites for hydroxylation is 1. The van der Waals surface area contributed by atoms with Crippen LogP contribution in [0.2, 0.25) is 0 Å². The van der Waals surface area contributed by atoms with E-state index in [9.17, 15) is 14.4 Å². The Balaban J connectivity index is 1.37. The fourth-order valence-corrected chi connectivity index (χ4v) is 4.78. The van der Waals surface area contributed by atoms with Crippen LogP contribution in [-0.2, 0) is 4.79 Å². The fourth-order valence-electron chi connectivity index (χ4n) is 4.78. The Morgan fingerprint density at radius 3 is 2.41 bits per heavy atom. The Hall–Kier alpha value is -3.09. The number of hydrogen-bond donors (Lipinski definition) is 2. The quantitative estimate of drug-likeness (QED) is 0.751. The molecule has 170 valence electrons. The Labute approximate surface area is 188 Å². The van der Waals surface area contributed by atoms with Gasteiger partial charge in [0.25, 0.3) is 11.8 Å². The molecule has 2 aliphatic rings. The van der Waals surface area contributed by atoms with E-state index in [0.717, 1.165) is 44.1 Å². The first-order chi connectivity index (χ1) is 15.5. The molecule has 0 bridgehead atoms. The van der Waals surface area contributed by atoms with Crippen molar-refractivity contribution in [2.45, 2.75) is 57.5 Å². The molecule has 1 saturated carbocycles. The van der Waals surface area contributed by atoms with E-state index in [2.05, 4.69) is 10.6 Å². The molecule has 0 radical (unpaired) electrons. The number of carbonyl (C=O) groups is 3. The van der Waals surface area contributed by atoms with Gasteiger partial charge in [-0.15, -0.1) is 0 Å². The van der Waals surface area contributed by atoms with Gasteiger partial charge in [-0.3, -0.25) is 14.4 Å². The number of nitrogens with zero attached hydrogens (tertiary/aromatic N) is 1. The highest BCUT2D eigenvalue weighted by atomic mass is 16.3. The third-order valence-corrected chi connectivity index (χ3v) is 6.61. The lowest BCUT2D eigenvalue weighted by molar-refractivity contribution is -0.127. The van der Waals surface area contributed by atoms with Crippen LogP contribution in [0.3, 0.4) is 0 Å². The summed E-state index contributed by atoms with van der Waals surface area (Å²) in [4.78, 5) is 40.2. The van der Waals surface area contributed by atoms with Gasteiger partial charge in [0.1, 0.15) is 0 Å². The smallest absolute Gasteiger partial charge is 0.289 e. The Kier molecular flexibility index (Phi) is 6.93. The number of carbonyl (C=O) groups excluding carboxylic acids is 3. The lowest BCUT2D eigenvalue weighted by atomic mass is 9.88. The molecule has 1 aromatic heterocycles. The lowest BCUT2D eigenvalue weighted by Crippen LogP contribution is -2.55. The maximum Gasteiger partial charge on any atom is 0.289 e. The number of hydrogen-bond acceptors (Lipinski definition) is 4. The Morgan fingerprint density at radius 2 is 1.69 bits per heavy atom. The van der Waals surface area contributed by atoms with Crippen LogP contribution in [0.25, 0.3) is 0 Å². The summed E-state index contributed by atoms with van der Waals surface area (Å²) in [5, 5.41) is 6.34. The number of nitrogens with one attached hydrogen (secondary N) is 2. The molecule has 7 heteroatoms. The number of likely N-dealkylation sites (tertiary alicyclic amines) is 1. The molecular formula is C25H31N3O4. The summed E-state index contributed by atoms with van der Waals surface area (Å²) >= 11 is 0. The molecule has 2 heterocycles. The first kappa shape index (κ1) is 22.1. The highest BCUT2D eigenvalue weighted by Gasteiger charge is 2.33. The second kappa shape index (κ2) is 10.0. The zero-order chi connectivity index (χ0) is 22.5. The zero-order valence-corrected chi connectivity index (χ0v) is 18.5. The highest BCUT2D eigenvalue weighted by Crippen LogP contribution is 2.23. The van der Waals surface area contributed by atoms with Crippen LogP contribution in [0, 0.1) is 12.8 Å². The van der Waals surface area contributed by atoms with Crippen LogP contribution >= 0.6 is 0 Å². The molecule has 3 amide bonds. The number of rotatable bonds is 5. The second-order valence-corrected chi connectivity index (χ2v) is 8.86. The van der Waals surface area contributed by atoms with Gasteiger partial charge in [0.2, 0.25) is 5.91 Å². The van der Waals surface area contributed by atoms with Crippen molar-refractivity contribution in [1.29, 1.82) is 0 Å². The summed E-state index contributed by atoms with van der Waals surface area (Å²) in [6.07, 6.45) is 6.75. The molecule has 2 aromatic rings. The minimum absolute atomic E-state index is 0.0380. The average molecular weight is 438 g/mol. The van der Waals surface area contributed by atoms with Crippen LogP contribution in [0.4, 0.5) is 0 Å². The summed E-state index contributed by atoms with van der Waals surface area (Å²) in [7, 11) is 0. The van der Waals surface area contributed by atoms with E-state index in [1.165, 1.54) is 6.26 Å². The molecule has 0 spiro atoms. The van der Waals surface area contributed by atoms with Crippen molar-refractivity contribution in [3.05, 3.63) is 59.5 Å². The van der Waals surface area contributed by atoms with Crippen LogP contribution in [0.1, 0.15) is 65.0 Å². The number of amides is 3. The molecule has 1 aliphatic carbocycles. The number of furan rings is 1. The predicted molar refractivity (Wildman–Crippen MR) is 120 cm³/mol. The average Bonchev–Trinajstić information content (AvgIpc) is 3.35. The molecule has 4 rings (SSSR count). The molecule has 32 heavy (non-hydrogen) atoms. The van der Waals surface area contributed by atoms with Crippen molar-refractivity contribution < 1.29 is 18.8 Å². The van der Waals surface area contributed by atoms with Gasteiger partial charge in [0.15, 0.2) is 5.76 Å². The van der Waals surface area contributed by atoms with Gasteiger partial charge in [0, 0.05) is 30.7 Å².